The molecule has 0 aromatic rings. The van der Waals surface area contributed by atoms with Gasteiger partial charge in [0, 0.05) is 6.92 Å². The highest BCUT2D eigenvalue weighted by atomic mass is 28.4. The Morgan fingerprint density at radius 1 is 1.00 bits per heavy atom. The second-order valence-corrected chi connectivity index (χ2v) is 20.7. The van der Waals surface area contributed by atoms with E-state index in [-0.39, 0.29) is 5.04 Å². The second kappa shape index (κ2) is 7.67. The van der Waals surface area contributed by atoms with Crippen molar-refractivity contribution in [2.24, 2.45) is 5.92 Å². The van der Waals surface area contributed by atoms with E-state index in [4.69, 9.17) is 9.16 Å². The minimum absolute atomic E-state index is 0.319. The van der Waals surface area contributed by atoms with E-state index in [9.17, 15) is 22.8 Å². The quantitative estimate of drug-likeness (QED) is 0.321. The highest BCUT2D eigenvalue weighted by Gasteiger charge is 2.67. The monoisotopic (exact) mass is 455 g/mol. The van der Waals surface area contributed by atoms with E-state index < -0.39 is 57.9 Å². The number of carbonyl (C=O) groups excluding carboxylic acids is 2. The van der Waals surface area contributed by atoms with Crippen LogP contribution in [0.4, 0.5) is 13.2 Å². The number of hydrogen-bond donors (Lipinski definition) is 0. The van der Waals surface area contributed by atoms with E-state index in [1.807, 2.05) is 54.6 Å². The number of ether oxygens (including phenoxy) is 1. The van der Waals surface area contributed by atoms with Crippen molar-refractivity contribution in [3.63, 3.8) is 0 Å². The Morgan fingerprint density at radius 2 is 1.45 bits per heavy atom. The molecular formula is C19H36F3NO4Si2. The van der Waals surface area contributed by atoms with Gasteiger partial charge in [0.05, 0.1) is 0 Å². The number of hydrogen-bond acceptors (Lipinski definition) is 4. The van der Waals surface area contributed by atoms with Crippen LogP contribution in [-0.4, -0.2) is 51.5 Å². The van der Waals surface area contributed by atoms with E-state index >= 15 is 0 Å². The maximum Gasteiger partial charge on any atom is 0.414 e. The molecule has 29 heavy (non-hydrogen) atoms. The number of nitrogens with zero attached hydrogens (tertiary/aromatic N) is 1. The lowest BCUT2D eigenvalue weighted by molar-refractivity contribution is -0.250. The summed E-state index contributed by atoms with van der Waals surface area (Å²) in [7, 11) is -5.41. The first-order chi connectivity index (χ1) is 12.6. The molecule has 1 fully saturated rings. The fraction of sp³-hybridized carbons (Fsp3) is 0.895. The summed E-state index contributed by atoms with van der Waals surface area (Å²) in [6.45, 7) is 19.7. The summed E-state index contributed by atoms with van der Waals surface area (Å²) in [5.74, 6) is -2.95. The van der Waals surface area contributed by atoms with Gasteiger partial charge in [-0.3, -0.25) is 9.59 Å². The van der Waals surface area contributed by atoms with Crippen LogP contribution in [0.3, 0.4) is 0 Å². The molecule has 0 N–H and O–H groups in total. The van der Waals surface area contributed by atoms with Gasteiger partial charge in [0.1, 0.15) is 5.92 Å². The molecule has 1 aliphatic heterocycles. The van der Waals surface area contributed by atoms with Crippen LogP contribution in [0.5, 0.6) is 0 Å². The SMILES string of the molecule is CC(=O)O[C@@H]1[C@@H]([C@@H](O[Si](C)(C)C(C)(C)C)C(F)(F)F)C(=O)N1[Si](C)(C)C(C)(C)C. The van der Waals surface area contributed by atoms with Crippen LogP contribution in [0, 0.1) is 5.92 Å². The van der Waals surface area contributed by atoms with Crippen LogP contribution in [0.2, 0.25) is 36.3 Å². The van der Waals surface area contributed by atoms with Gasteiger partial charge in [0.15, 0.2) is 28.9 Å². The first-order valence-corrected chi connectivity index (χ1v) is 15.7. The number of esters is 1. The van der Waals surface area contributed by atoms with Crippen molar-refractivity contribution in [1.29, 1.82) is 0 Å². The molecule has 170 valence electrons. The van der Waals surface area contributed by atoms with Gasteiger partial charge in [-0.1, -0.05) is 54.6 Å². The smallest absolute Gasteiger partial charge is 0.414 e. The van der Waals surface area contributed by atoms with Crippen LogP contribution in [0.15, 0.2) is 0 Å². The van der Waals surface area contributed by atoms with Gasteiger partial charge in [-0.15, -0.1) is 0 Å². The zero-order chi connectivity index (χ0) is 23.4. The summed E-state index contributed by atoms with van der Waals surface area (Å²) in [5, 5.41) is -0.792. The third-order valence-corrected chi connectivity index (χ3v) is 16.5. The summed E-state index contributed by atoms with van der Waals surface area (Å²) in [5.41, 5.74) is 0. The third-order valence-electron chi connectivity index (χ3n) is 6.69. The number of rotatable bonds is 5. The van der Waals surface area contributed by atoms with Gasteiger partial charge < -0.3 is 13.7 Å². The lowest BCUT2D eigenvalue weighted by Gasteiger charge is -2.58. The van der Waals surface area contributed by atoms with Crippen molar-refractivity contribution in [1.82, 2.24) is 4.57 Å². The number of alkyl halides is 3. The van der Waals surface area contributed by atoms with E-state index in [0.29, 0.717) is 0 Å². The Kier molecular flexibility index (Phi) is 6.92. The van der Waals surface area contributed by atoms with Crippen molar-refractivity contribution in [3.05, 3.63) is 0 Å². The molecule has 0 aromatic heterocycles. The average Bonchev–Trinajstić information content (AvgIpc) is 2.41. The highest BCUT2D eigenvalue weighted by molar-refractivity contribution is 6.80. The van der Waals surface area contributed by atoms with Gasteiger partial charge in [0.25, 0.3) is 0 Å². The van der Waals surface area contributed by atoms with Crippen LogP contribution in [-0.2, 0) is 18.8 Å². The van der Waals surface area contributed by atoms with Crippen LogP contribution < -0.4 is 0 Å². The molecule has 10 heteroatoms. The van der Waals surface area contributed by atoms with Crippen molar-refractivity contribution < 1.29 is 31.9 Å². The number of β-lactam (4-membered cyclic amide) rings is 1. The molecule has 0 radical (unpaired) electrons. The predicted molar refractivity (Wildman–Crippen MR) is 111 cm³/mol. The molecule has 1 saturated heterocycles. The van der Waals surface area contributed by atoms with Crippen LogP contribution >= 0.6 is 0 Å². The zero-order valence-electron chi connectivity index (χ0n) is 19.4. The topological polar surface area (TPSA) is 55.8 Å². The van der Waals surface area contributed by atoms with Crippen molar-refractivity contribution in [2.75, 3.05) is 0 Å². The number of halogens is 3. The molecule has 5 nitrogen and oxygen atoms in total. The van der Waals surface area contributed by atoms with Crippen molar-refractivity contribution in [3.8, 4) is 0 Å². The molecule has 1 aliphatic rings. The van der Waals surface area contributed by atoms with Gasteiger partial charge in [-0.05, 0) is 23.2 Å². The molecule has 0 unspecified atom stereocenters. The number of amides is 1. The minimum atomic E-state index is -4.76. The Balaban J connectivity index is 3.42. The molecule has 1 rings (SSSR count). The Labute approximate surface area is 174 Å². The summed E-state index contributed by atoms with van der Waals surface area (Å²) >= 11 is 0. The van der Waals surface area contributed by atoms with E-state index in [1.165, 1.54) is 4.57 Å². The molecule has 0 bridgehead atoms. The second-order valence-electron chi connectivity index (χ2n) is 10.9. The molecule has 1 amide bonds. The molecule has 1 heterocycles. The zero-order valence-corrected chi connectivity index (χ0v) is 21.4. The minimum Gasteiger partial charge on any atom is -0.441 e. The summed E-state index contributed by atoms with van der Waals surface area (Å²) < 4.78 is 54.5. The van der Waals surface area contributed by atoms with Crippen LogP contribution in [0.25, 0.3) is 0 Å². The van der Waals surface area contributed by atoms with E-state index in [1.54, 1.807) is 13.1 Å². The van der Waals surface area contributed by atoms with Gasteiger partial charge in [-0.25, -0.2) is 0 Å². The van der Waals surface area contributed by atoms with E-state index in [2.05, 4.69) is 0 Å². The molecule has 0 aromatic carbocycles. The maximum atomic E-state index is 14.0. The summed E-state index contributed by atoms with van der Waals surface area (Å²) in [4.78, 5) is 24.8. The third kappa shape index (κ3) is 5.07. The van der Waals surface area contributed by atoms with E-state index in [0.717, 1.165) is 6.92 Å². The molecule has 3 atom stereocenters. The van der Waals surface area contributed by atoms with Gasteiger partial charge >= 0.3 is 12.1 Å². The van der Waals surface area contributed by atoms with Crippen molar-refractivity contribution in [2.45, 2.75) is 103 Å². The summed E-state index contributed by atoms with van der Waals surface area (Å²) in [6, 6.07) is 0. The maximum absolute atomic E-state index is 14.0. The van der Waals surface area contributed by atoms with Gasteiger partial charge in [0.2, 0.25) is 5.91 Å². The Bertz CT molecular complexity index is 651. The fourth-order valence-corrected chi connectivity index (χ4v) is 6.40. The predicted octanol–water partition coefficient (Wildman–Crippen LogP) is 5.29. The van der Waals surface area contributed by atoms with Crippen molar-refractivity contribution >= 4 is 28.4 Å². The lowest BCUT2D eigenvalue weighted by Crippen LogP contribution is -2.77. The lowest BCUT2D eigenvalue weighted by atomic mass is 9.92. The normalized spacial score (nSPS) is 23.0. The van der Waals surface area contributed by atoms with Crippen LogP contribution in [0.1, 0.15) is 48.5 Å². The fourth-order valence-electron chi connectivity index (χ4n) is 2.85. The number of carbonyl (C=O) groups is 2. The average molecular weight is 456 g/mol. The Morgan fingerprint density at radius 3 is 1.76 bits per heavy atom. The first kappa shape index (κ1) is 26.2. The first-order valence-electron chi connectivity index (χ1n) is 9.80. The Hall–Kier alpha value is -0.876. The molecule has 0 saturated carbocycles. The molecule has 0 spiro atoms. The standard InChI is InChI=1S/C19H36F3NO4Si2/c1-12(24)26-16-13(15(25)23(16)28(8,9)17(2,3)4)14(19(20,21)22)27-29(10,11)18(5,6)7/h13-14,16H,1-11H3/t13-,14+,16+/m0/s1. The largest absolute Gasteiger partial charge is 0.441 e. The van der Waals surface area contributed by atoms with Gasteiger partial charge in [-0.2, -0.15) is 13.2 Å². The highest BCUT2D eigenvalue weighted by Crippen LogP contribution is 2.50. The molecule has 0 aliphatic carbocycles. The summed E-state index contributed by atoms with van der Waals surface area (Å²) in [6.07, 6.45) is -8.33. The molecular weight excluding hydrogens is 419 g/mol.